The highest BCUT2D eigenvalue weighted by molar-refractivity contribution is 5.96. The second-order valence-corrected chi connectivity index (χ2v) is 6.02. The number of carbonyl (C=O) groups excluding carboxylic acids is 2. The minimum atomic E-state index is -0.412. The topological polar surface area (TPSA) is 101 Å². The molecule has 0 bridgehead atoms. The van der Waals surface area contributed by atoms with Crippen LogP contribution in [0.5, 0.6) is 0 Å². The van der Waals surface area contributed by atoms with E-state index in [1.54, 1.807) is 43.1 Å². The first kappa shape index (κ1) is 18.6. The Morgan fingerprint density at radius 1 is 1.19 bits per heavy atom. The highest BCUT2D eigenvalue weighted by Crippen LogP contribution is 2.21. The van der Waals surface area contributed by atoms with E-state index in [2.05, 4.69) is 25.4 Å². The molecule has 2 aromatic rings. The number of piperazine rings is 1. The van der Waals surface area contributed by atoms with Gasteiger partial charge in [-0.1, -0.05) is 12.1 Å². The lowest BCUT2D eigenvalue weighted by Gasteiger charge is -2.34. The zero-order chi connectivity index (χ0) is 19.2. The van der Waals surface area contributed by atoms with Crippen molar-refractivity contribution in [3.63, 3.8) is 0 Å². The Labute approximate surface area is 157 Å². The van der Waals surface area contributed by atoms with Gasteiger partial charge in [0.15, 0.2) is 5.82 Å². The molecule has 1 aliphatic rings. The third-order valence-corrected chi connectivity index (χ3v) is 4.26. The van der Waals surface area contributed by atoms with Crippen molar-refractivity contribution in [2.75, 3.05) is 43.0 Å². The quantitative estimate of drug-likeness (QED) is 0.790. The maximum Gasteiger partial charge on any atom is 0.340 e. The van der Waals surface area contributed by atoms with Gasteiger partial charge in [0.25, 0.3) is 0 Å². The molecule has 1 aromatic heterocycles. The lowest BCUT2D eigenvalue weighted by molar-refractivity contribution is -0.129. The molecule has 1 saturated heterocycles. The number of nitrogens with zero attached hydrogens (tertiary/aromatic N) is 5. The van der Waals surface area contributed by atoms with Crippen molar-refractivity contribution >= 4 is 29.3 Å². The average molecular weight is 370 g/mol. The van der Waals surface area contributed by atoms with Gasteiger partial charge >= 0.3 is 5.97 Å². The summed E-state index contributed by atoms with van der Waals surface area (Å²) in [6, 6.07) is 7.01. The van der Waals surface area contributed by atoms with Gasteiger partial charge in [-0.3, -0.25) is 4.79 Å². The first-order valence-corrected chi connectivity index (χ1v) is 8.82. The molecule has 1 fully saturated rings. The third kappa shape index (κ3) is 4.49. The van der Waals surface area contributed by atoms with Crippen LogP contribution >= 0.6 is 0 Å². The molecule has 9 nitrogen and oxygen atoms in total. The second-order valence-electron chi connectivity index (χ2n) is 6.02. The molecular formula is C18H22N6O3. The third-order valence-electron chi connectivity index (χ3n) is 4.26. The number of hydrogen-bond donors (Lipinski definition) is 1. The number of aromatic nitrogens is 3. The van der Waals surface area contributed by atoms with Crippen molar-refractivity contribution < 1.29 is 14.3 Å². The van der Waals surface area contributed by atoms with Gasteiger partial charge in [0.05, 0.1) is 24.1 Å². The van der Waals surface area contributed by atoms with Gasteiger partial charge in [0, 0.05) is 33.1 Å². The second kappa shape index (κ2) is 8.43. The van der Waals surface area contributed by atoms with Gasteiger partial charge in [-0.25, -0.2) is 4.79 Å². The normalized spacial score (nSPS) is 14.0. The van der Waals surface area contributed by atoms with Crippen LogP contribution in [0.3, 0.4) is 0 Å². The van der Waals surface area contributed by atoms with Crippen LogP contribution in [0.25, 0.3) is 0 Å². The van der Waals surface area contributed by atoms with Gasteiger partial charge in [-0.15, -0.1) is 5.10 Å². The molecule has 1 aromatic carbocycles. The molecule has 1 N–H and O–H groups in total. The molecule has 2 heterocycles. The molecule has 0 saturated carbocycles. The van der Waals surface area contributed by atoms with Crippen molar-refractivity contribution in [3.8, 4) is 0 Å². The number of rotatable bonds is 5. The number of benzene rings is 1. The molecule has 0 aliphatic carbocycles. The van der Waals surface area contributed by atoms with Crippen LogP contribution in [0, 0.1) is 0 Å². The molecule has 1 aliphatic heterocycles. The van der Waals surface area contributed by atoms with E-state index < -0.39 is 5.97 Å². The number of carbonyl (C=O) groups is 2. The molecule has 3 rings (SSSR count). The summed E-state index contributed by atoms with van der Waals surface area (Å²) in [6.07, 6.45) is 1.59. The Morgan fingerprint density at radius 2 is 1.93 bits per heavy atom. The van der Waals surface area contributed by atoms with E-state index >= 15 is 0 Å². The first-order chi connectivity index (χ1) is 13.1. The number of amides is 1. The highest BCUT2D eigenvalue weighted by Gasteiger charge is 2.20. The van der Waals surface area contributed by atoms with E-state index in [1.165, 1.54) is 0 Å². The van der Waals surface area contributed by atoms with Crippen LogP contribution in [0.15, 0.2) is 30.5 Å². The van der Waals surface area contributed by atoms with Gasteiger partial charge in [0.2, 0.25) is 11.9 Å². The number of nitrogens with one attached hydrogen (secondary N) is 1. The summed E-state index contributed by atoms with van der Waals surface area (Å²) in [5, 5.41) is 11.1. The summed E-state index contributed by atoms with van der Waals surface area (Å²) in [5.41, 5.74) is 0.958. The van der Waals surface area contributed by atoms with E-state index in [0.717, 1.165) is 0 Å². The van der Waals surface area contributed by atoms with E-state index in [-0.39, 0.29) is 5.91 Å². The van der Waals surface area contributed by atoms with Crippen molar-refractivity contribution in [3.05, 3.63) is 36.0 Å². The maximum atomic E-state index is 12.1. The Kier molecular flexibility index (Phi) is 5.80. The summed E-state index contributed by atoms with van der Waals surface area (Å²) in [5.74, 6) is 0.626. The number of hydrogen-bond acceptors (Lipinski definition) is 8. The van der Waals surface area contributed by atoms with Crippen LogP contribution < -0.4 is 10.2 Å². The van der Waals surface area contributed by atoms with Gasteiger partial charge in [0.1, 0.15) is 0 Å². The smallest absolute Gasteiger partial charge is 0.340 e. The number of para-hydroxylation sites is 1. The summed E-state index contributed by atoms with van der Waals surface area (Å²) in [7, 11) is 0. The Hall–Kier alpha value is -3.23. The van der Waals surface area contributed by atoms with E-state index in [4.69, 9.17) is 4.74 Å². The predicted molar refractivity (Wildman–Crippen MR) is 100.0 cm³/mol. The molecule has 27 heavy (non-hydrogen) atoms. The van der Waals surface area contributed by atoms with Crippen molar-refractivity contribution in [2.24, 2.45) is 0 Å². The highest BCUT2D eigenvalue weighted by atomic mass is 16.5. The van der Waals surface area contributed by atoms with E-state index in [0.29, 0.717) is 55.8 Å². The Morgan fingerprint density at radius 3 is 2.63 bits per heavy atom. The lowest BCUT2D eigenvalue weighted by atomic mass is 10.2. The first-order valence-electron chi connectivity index (χ1n) is 8.82. The predicted octanol–water partition coefficient (Wildman–Crippen LogP) is 1.46. The number of ether oxygens (including phenoxy) is 1. The number of anilines is 3. The standard InChI is InChI=1S/C18H22N6O3/c1-3-27-17(26)14-6-4-5-7-15(14)20-18-21-16(12-19-22-18)24-10-8-23(9-11-24)13(2)25/h4-7,12H,3,8-11H2,1-2H3,(H,20,21,22). The maximum absolute atomic E-state index is 12.1. The van der Waals surface area contributed by atoms with Crippen LogP contribution in [0.4, 0.5) is 17.5 Å². The molecule has 0 unspecified atom stereocenters. The fourth-order valence-corrected chi connectivity index (χ4v) is 2.85. The van der Waals surface area contributed by atoms with Gasteiger partial charge < -0.3 is 19.9 Å². The molecule has 142 valence electrons. The molecule has 0 spiro atoms. The van der Waals surface area contributed by atoms with Crippen LogP contribution in [-0.4, -0.2) is 64.7 Å². The minimum absolute atomic E-state index is 0.0772. The van der Waals surface area contributed by atoms with Crippen molar-refractivity contribution in [1.29, 1.82) is 0 Å². The van der Waals surface area contributed by atoms with Gasteiger partial charge in [-0.05, 0) is 19.1 Å². The molecule has 9 heteroatoms. The zero-order valence-electron chi connectivity index (χ0n) is 15.4. The average Bonchev–Trinajstić information content (AvgIpc) is 2.69. The minimum Gasteiger partial charge on any atom is -0.462 e. The lowest BCUT2D eigenvalue weighted by Crippen LogP contribution is -2.48. The summed E-state index contributed by atoms with van der Waals surface area (Å²) in [6.45, 7) is 6.28. The van der Waals surface area contributed by atoms with Crippen LogP contribution in [0.1, 0.15) is 24.2 Å². The van der Waals surface area contributed by atoms with Gasteiger partial charge in [-0.2, -0.15) is 10.1 Å². The SMILES string of the molecule is CCOC(=O)c1ccccc1Nc1nncc(N2CCN(C(C)=O)CC2)n1. The van der Waals surface area contributed by atoms with Crippen molar-refractivity contribution in [2.45, 2.75) is 13.8 Å². The Bertz CT molecular complexity index is 820. The number of esters is 1. The fraction of sp³-hybridized carbons (Fsp3) is 0.389. The molecule has 0 atom stereocenters. The molecular weight excluding hydrogens is 348 g/mol. The summed E-state index contributed by atoms with van der Waals surface area (Å²) >= 11 is 0. The molecule has 0 radical (unpaired) electrons. The fourth-order valence-electron chi connectivity index (χ4n) is 2.85. The molecule has 1 amide bonds. The van der Waals surface area contributed by atoms with Crippen LogP contribution in [0.2, 0.25) is 0 Å². The summed E-state index contributed by atoms with van der Waals surface area (Å²) in [4.78, 5) is 31.9. The van der Waals surface area contributed by atoms with Crippen LogP contribution in [-0.2, 0) is 9.53 Å². The van der Waals surface area contributed by atoms with E-state index in [9.17, 15) is 9.59 Å². The van der Waals surface area contributed by atoms with Crippen molar-refractivity contribution in [1.82, 2.24) is 20.1 Å². The Balaban J connectivity index is 1.74. The monoisotopic (exact) mass is 370 g/mol. The summed E-state index contributed by atoms with van der Waals surface area (Å²) < 4.78 is 5.08. The van der Waals surface area contributed by atoms with E-state index in [1.807, 2.05) is 6.07 Å². The zero-order valence-corrected chi connectivity index (χ0v) is 15.4. The largest absolute Gasteiger partial charge is 0.462 e.